The van der Waals surface area contributed by atoms with Gasteiger partial charge in [0.1, 0.15) is 5.69 Å². The van der Waals surface area contributed by atoms with Crippen LogP contribution in [0.15, 0.2) is 35.0 Å². The number of anilines is 1. The molecule has 1 aliphatic rings. The van der Waals surface area contributed by atoms with Gasteiger partial charge in [-0.15, -0.1) is 0 Å². The first-order valence-corrected chi connectivity index (χ1v) is 7.99. The lowest BCUT2D eigenvalue weighted by Crippen LogP contribution is -2.14. The monoisotopic (exact) mass is 299 g/mol. The number of hydrogen-bond donors (Lipinski definition) is 1. The van der Waals surface area contributed by atoms with Crippen LogP contribution in [0.1, 0.15) is 44.9 Å². The average molecular weight is 299 g/mol. The molecule has 1 saturated carbocycles. The second-order valence-corrected chi connectivity index (χ2v) is 5.88. The van der Waals surface area contributed by atoms with Crippen molar-refractivity contribution in [1.82, 2.24) is 10.1 Å². The summed E-state index contributed by atoms with van der Waals surface area (Å²) >= 11 is 0. The molecule has 116 valence electrons. The molecule has 1 N–H and O–H groups in total. The molecule has 0 spiro atoms. The normalized spacial score (nSPS) is 15.6. The van der Waals surface area contributed by atoms with Gasteiger partial charge in [0.2, 0.25) is 11.8 Å². The number of hydrogen-bond acceptors (Lipinski definition) is 4. The summed E-state index contributed by atoms with van der Waals surface area (Å²) in [6.45, 7) is 0. The van der Waals surface area contributed by atoms with E-state index in [4.69, 9.17) is 4.52 Å². The summed E-state index contributed by atoms with van der Waals surface area (Å²) < 4.78 is 5.16. The predicted octanol–water partition coefficient (Wildman–Crippen LogP) is 4.04. The Kier molecular flexibility index (Phi) is 4.83. The largest absolute Gasteiger partial charge is 0.338 e. The number of carbonyl (C=O) groups is 1. The van der Waals surface area contributed by atoms with Crippen molar-refractivity contribution in [2.45, 2.75) is 44.9 Å². The van der Waals surface area contributed by atoms with Crippen molar-refractivity contribution < 1.29 is 9.32 Å². The molecule has 0 unspecified atom stereocenters. The van der Waals surface area contributed by atoms with Crippen molar-refractivity contribution in [3.63, 3.8) is 0 Å². The van der Waals surface area contributed by atoms with E-state index in [9.17, 15) is 4.79 Å². The van der Waals surface area contributed by atoms with Crippen molar-refractivity contribution in [2.24, 2.45) is 5.92 Å². The van der Waals surface area contributed by atoms with Crippen LogP contribution < -0.4 is 5.32 Å². The molecule has 0 aromatic carbocycles. The second kappa shape index (κ2) is 7.20. The van der Waals surface area contributed by atoms with Gasteiger partial charge in [-0.05, 0) is 24.5 Å². The molecule has 22 heavy (non-hydrogen) atoms. The zero-order chi connectivity index (χ0) is 15.2. The molecule has 2 heterocycles. The molecule has 0 aliphatic heterocycles. The average Bonchev–Trinajstić information content (AvgIpc) is 3.03. The standard InChI is InChI=1S/C17H21N3O2/c21-16(10-9-13-6-2-1-3-7-13)19-17-12-15(20-22-17)14-8-4-5-11-18-14/h4-5,8,11-13H,1-3,6-7,9-10H2,(H,19,21). The Bertz CT molecular complexity index is 603. The van der Waals surface area contributed by atoms with Crippen LogP contribution in [0.3, 0.4) is 0 Å². The van der Waals surface area contributed by atoms with E-state index in [-0.39, 0.29) is 5.91 Å². The number of pyridine rings is 1. The van der Waals surface area contributed by atoms with E-state index in [1.807, 2.05) is 18.2 Å². The smallest absolute Gasteiger partial charge is 0.231 e. The van der Waals surface area contributed by atoms with Crippen LogP contribution in [0.5, 0.6) is 0 Å². The molecule has 1 fully saturated rings. The quantitative estimate of drug-likeness (QED) is 0.904. The molecule has 0 saturated heterocycles. The van der Waals surface area contributed by atoms with Gasteiger partial charge in [0, 0.05) is 18.7 Å². The first-order chi connectivity index (χ1) is 10.8. The molecule has 5 nitrogen and oxygen atoms in total. The van der Waals surface area contributed by atoms with Crippen LogP contribution in [0.25, 0.3) is 11.4 Å². The van der Waals surface area contributed by atoms with Gasteiger partial charge in [0.25, 0.3) is 0 Å². The Balaban J connectivity index is 1.50. The fourth-order valence-electron chi connectivity index (χ4n) is 2.98. The lowest BCUT2D eigenvalue weighted by Gasteiger charge is -2.20. The van der Waals surface area contributed by atoms with Crippen LogP contribution in [0.2, 0.25) is 0 Å². The van der Waals surface area contributed by atoms with E-state index in [1.165, 1.54) is 32.1 Å². The summed E-state index contributed by atoms with van der Waals surface area (Å²) in [6.07, 6.45) is 9.70. The summed E-state index contributed by atoms with van der Waals surface area (Å²) in [5.74, 6) is 1.09. The minimum atomic E-state index is -0.00528. The minimum absolute atomic E-state index is 0.00528. The number of amides is 1. The molecule has 3 rings (SSSR count). The van der Waals surface area contributed by atoms with Gasteiger partial charge in [-0.2, -0.15) is 0 Å². The number of nitrogens with one attached hydrogen (secondary N) is 1. The Morgan fingerprint density at radius 1 is 1.23 bits per heavy atom. The van der Waals surface area contributed by atoms with Crippen LogP contribution in [0.4, 0.5) is 5.88 Å². The van der Waals surface area contributed by atoms with Gasteiger partial charge >= 0.3 is 0 Å². The van der Waals surface area contributed by atoms with Gasteiger partial charge in [-0.1, -0.05) is 43.3 Å². The van der Waals surface area contributed by atoms with Gasteiger partial charge in [-0.25, -0.2) is 0 Å². The Labute approximate surface area is 130 Å². The Morgan fingerprint density at radius 2 is 2.09 bits per heavy atom. The Hall–Kier alpha value is -2.17. The fraction of sp³-hybridized carbons (Fsp3) is 0.471. The molecule has 2 aromatic rings. The maximum atomic E-state index is 12.0. The molecule has 5 heteroatoms. The maximum Gasteiger partial charge on any atom is 0.231 e. The highest BCUT2D eigenvalue weighted by Gasteiger charge is 2.16. The lowest BCUT2D eigenvalue weighted by atomic mass is 9.86. The lowest BCUT2D eigenvalue weighted by molar-refractivity contribution is -0.116. The molecule has 1 amide bonds. The van der Waals surface area contributed by atoms with Gasteiger partial charge < -0.3 is 4.52 Å². The summed E-state index contributed by atoms with van der Waals surface area (Å²) in [5.41, 5.74) is 1.36. The second-order valence-electron chi connectivity index (χ2n) is 5.88. The van der Waals surface area contributed by atoms with Crippen LogP contribution in [0, 0.1) is 5.92 Å². The Morgan fingerprint density at radius 3 is 2.86 bits per heavy atom. The zero-order valence-corrected chi connectivity index (χ0v) is 12.6. The fourth-order valence-corrected chi connectivity index (χ4v) is 2.98. The van der Waals surface area contributed by atoms with E-state index >= 15 is 0 Å². The predicted molar refractivity (Wildman–Crippen MR) is 84.2 cm³/mol. The van der Waals surface area contributed by atoms with Crippen LogP contribution in [-0.4, -0.2) is 16.0 Å². The SMILES string of the molecule is O=C(CCC1CCCCC1)Nc1cc(-c2ccccn2)no1. The summed E-state index contributed by atoms with van der Waals surface area (Å²) in [7, 11) is 0. The summed E-state index contributed by atoms with van der Waals surface area (Å²) in [5, 5.41) is 6.71. The molecule has 0 atom stereocenters. The number of nitrogens with zero attached hydrogens (tertiary/aromatic N) is 2. The van der Waals surface area contributed by atoms with Crippen molar-refractivity contribution in [2.75, 3.05) is 5.32 Å². The van der Waals surface area contributed by atoms with E-state index in [2.05, 4.69) is 15.5 Å². The number of carbonyl (C=O) groups excluding carboxylic acids is 1. The zero-order valence-electron chi connectivity index (χ0n) is 12.6. The maximum absolute atomic E-state index is 12.0. The van der Waals surface area contributed by atoms with Gasteiger partial charge in [0.05, 0.1) is 5.69 Å². The van der Waals surface area contributed by atoms with Crippen molar-refractivity contribution >= 4 is 11.8 Å². The van der Waals surface area contributed by atoms with Crippen molar-refractivity contribution in [1.29, 1.82) is 0 Å². The van der Waals surface area contributed by atoms with Crippen LogP contribution in [-0.2, 0) is 4.79 Å². The van der Waals surface area contributed by atoms with Gasteiger partial charge in [-0.3, -0.25) is 15.1 Å². The van der Waals surface area contributed by atoms with Crippen LogP contribution >= 0.6 is 0 Å². The number of aromatic nitrogens is 2. The molecule has 0 bridgehead atoms. The highest BCUT2D eigenvalue weighted by molar-refractivity contribution is 5.89. The topological polar surface area (TPSA) is 68.0 Å². The van der Waals surface area contributed by atoms with E-state index < -0.39 is 0 Å². The highest BCUT2D eigenvalue weighted by Crippen LogP contribution is 2.27. The molecule has 0 radical (unpaired) electrons. The third-order valence-electron chi connectivity index (χ3n) is 4.20. The van der Waals surface area contributed by atoms with E-state index in [0.717, 1.165) is 12.1 Å². The third-order valence-corrected chi connectivity index (χ3v) is 4.20. The summed E-state index contributed by atoms with van der Waals surface area (Å²) in [4.78, 5) is 16.2. The number of rotatable bonds is 5. The summed E-state index contributed by atoms with van der Waals surface area (Å²) in [6, 6.07) is 7.30. The van der Waals surface area contributed by atoms with Crippen molar-refractivity contribution in [3.8, 4) is 11.4 Å². The molecule has 2 aromatic heterocycles. The molecular formula is C17H21N3O2. The van der Waals surface area contributed by atoms with E-state index in [1.54, 1.807) is 12.3 Å². The van der Waals surface area contributed by atoms with Gasteiger partial charge in [0.15, 0.2) is 0 Å². The third kappa shape index (κ3) is 3.93. The minimum Gasteiger partial charge on any atom is -0.338 e. The highest BCUT2D eigenvalue weighted by atomic mass is 16.5. The first-order valence-electron chi connectivity index (χ1n) is 7.99. The molecular weight excluding hydrogens is 278 g/mol. The first kappa shape index (κ1) is 14.8. The van der Waals surface area contributed by atoms with E-state index in [0.29, 0.717) is 23.9 Å². The molecule has 1 aliphatic carbocycles. The van der Waals surface area contributed by atoms with Crippen molar-refractivity contribution in [3.05, 3.63) is 30.5 Å².